The van der Waals surface area contributed by atoms with Crippen LogP contribution in [0.4, 0.5) is 0 Å². The van der Waals surface area contributed by atoms with Crippen molar-refractivity contribution in [2.75, 3.05) is 7.11 Å². The smallest absolute Gasteiger partial charge is 0.122 e. The Balaban J connectivity index is 3.02. The Bertz CT molecular complexity index is 258. The summed E-state index contributed by atoms with van der Waals surface area (Å²) in [6, 6.07) is 6.07. The molecule has 0 aliphatic carbocycles. The van der Waals surface area contributed by atoms with Gasteiger partial charge in [-0.1, -0.05) is 19.1 Å². The SMILES string of the molecule is CCc1cc(CN)ccc1OC. The summed E-state index contributed by atoms with van der Waals surface area (Å²) in [5.41, 5.74) is 7.91. The van der Waals surface area contributed by atoms with Crippen LogP contribution in [-0.4, -0.2) is 7.11 Å². The number of aryl methyl sites for hydroxylation is 1. The average molecular weight is 165 g/mol. The van der Waals surface area contributed by atoms with E-state index >= 15 is 0 Å². The minimum absolute atomic E-state index is 0.594. The summed E-state index contributed by atoms with van der Waals surface area (Å²) in [5.74, 6) is 0.953. The van der Waals surface area contributed by atoms with Crippen LogP contribution in [0.5, 0.6) is 5.75 Å². The van der Waals surface area contributed by atoms with Gasteiger partial charge in [-0.05, 0) is 23.6 Å². The number of benzene rings is 1. The maximum absolute atomic E-state index is 5.52. The second kappa shape index (κ2) is 4.12. The first kappa shape index (κ1) is 9.07. The summed E-state index contributed by atoms with van der Waals surface area (Å²) in [4.78, 5) is 0. The van der Waals surface area contributed by atoms with Crippen LogP contribution in [-0.2, 0) is 13.0 Å². The lowest BCUT2D eigenvalue weighted by Gasteiger charge is -2.07. The Labute approximate surface area is 73.3 Å². The molecule has 1 rings (SSSR count). The van der Waals surface area contributed by atoms with E-state index in [9.17, 15) is 0 Å². The van der Waals surface area contributed by atoms with Gasteiger partial charge in [0, 0.05) is 6.54 Å². The van der Waals surface area contributed by atoms with Crippen molar-refractivity contribution in [1.29, 1.82) is 0 Å². The molecule has 0 radical (unpaired) electrons. The second-order valence-electron chi connectivity index (χ2n) is 2.70. The average Bonchev–Trinajstić information content (AvgIpc) is 2.16. The first-order chi connectivity index (χ1) is 5.81. The van der Waals surface area contributed by atoms with Crippen LogP contribution in [0.1, 0.15) is 18.1 Å². The first-order valence-electron chi connectivity index (χ1n) is 4.17. The quantitative estimate of drug-likeness (QED) is 0.740. The third kappa shape index (κ3) is 1.77. The molecule has 0 heterocycles. The maximum Gasteiger partial charge on any atom is 0.122 e. The summed E-state index contributed by atoms with van der Waals surface area (Å²) in [5, 5.41) is 0. The zero-order valence-electron chi connectivity index (χ0n) is 7.63. The number of hydrogen-bond donors (Lipinski definition) is 1. The van der Waals surface area contributed by atoms with Crippen molar-refractivity contribution in [3.8, 4) is 5.75 Å². The standard InChI is InChI=1S/C10H15NO/c1-3-9-6-8(7-11)4-5-10(9)12-2/h4-6H,3,7,11H2,1-2H3. The number of nitrogens with two attached hydrogens (primary N) is 1. The number of methoxy groups -OCH3 is 1. The van der Waals surface area contributed by atoms with Gasteiger partial charge in [0.15, 0.2) is 0 Å². The van der Waals surface area contributed by atoms with Crippen molar-refractivity contribution in [2.45, 2.75) is 19.9 Å². The van der Waals surface area contributed by atoms with Crippen molar-refractivity contribution in [1.82, 2.24) is 0 Å². The Kier molecular flexibility index (Phi) is 3.11. The molecule has 1 aromatic carbocycles. The molecule has 0 bridgehead atoms. The molecular formula is C10H15NO. The highest BCUT2D eigenvalue weighted by atomic mass is 16.5. The fourth-order valence-electron chi connectivity index (χ4n) is 1.24. The molecule has 0 saturated carbocycles. The predicted molar refractivity (Wildman–Crippen MR) is 50.3 cm³/mol. The molecule has 0 aromatic heterocycles. The minimum atomic E-state index is 0.594. The molecule has 2 nitrogen and oxygen atoms in total. The normalized spacial score (nSPS) is 9.92. The zero-order valence-corrected chi connectivity index (χ0v) is 7.63. The summed E-state index contributed by atoms with van der Waals surface area (Å²) in [7, 11) is 1.69. The number of rotatable bonds is 3. The number of ether oxygens (including phenoxy) is 1. The zero-order chi connectivity index (χ0) is 8.97. The van der Waals surface area contributed by atoms with E-state index in [1.54, 1.807) is 7.11 Å². The molecule has 12 heavy (non-hydrogen) atoms. The summed E-state index contributed by atoms with van der Waals surface area (Å²) in [6.07, 6.45) is 0.983. The van der Waals surface area contributed by atoms with E-state index in [0.29, 0.717) is 6.54 Å². The molecular weight excluding hydrogens is 150 g/mol. The molecule has 0 unspecified atom stereocenters. The van der Waals surface area contributed by atoms with Crippen molar-refractivity contribution in [2.24, 2.45) is 5.73 Å². The van der Waals surface area contributed by atoms with Gasteiger partial charge in [0.05, 0.1) is 7.11 Å². The highest BCUT2D eigenvalue weighted by molar-refractivity contribution is 5.37. The Morgan fingerprint density at radius 1 is 1.42 bits per heavy atom. The van der Waals surface area contributed by atoms with Gasteiger partial charge in [-0.3, -0.25) is 0 Å². The van der Waals surface area contributed by atoms with Crippen LogP contribution in [0.2, 0.25) is 0 Å². The molecule has 2 N–H and O–H groups in total. The highest BCUT2D eigenvalue weighted by Gasteiger charge is 2.00. The van der Waals surface area contributed by atoms with Gasteiger partial charge in [0.2, 0.25) is 0 Å². The van der Waals surface area contributed by atoms with Gasteiger partial charge in [-0.15, -0.1) is 0 Å². The van der Waals surface area contributed by atoms with Gasteiger partial charge in [0.1, 0.15) is 5.75 Å². The topological polar surface area (TPSA) is 35.2 Å². The van der Waals surface area contributed by atoms with E-state index in [2.05, 4.69) is 13.0 Å². The Morgan fingerprint density at radius 3 is 2.67 bits per heavy atom. The summed E-state index contributed by atoms with van der Waals surface area (Å²) in [6.45, 7) is 2.70. The summed E-state index contributed by atoms with van der Waals surface area (Å²) < 4.78 is 5.19. The van der Waals surface area contributed by atoms with E-state index in [-0.39, 0.29) is 0 Å². The molecule has 0 aliphatic rings. The molecule has 1 aromatic rings. The van der Waals surface area contributed by atoms with Crippen molar-refractivity contribution >= 4 is 0 Å². The lowest BCUT2D eigenvalue weighted by Crippen LogP contribution is -1.98. The molecule has 0 spiro atoms. The molecule has 0 fully saturated rings. The van der Waals surface area contributed by atoms with Crippen molar-refractivity contribution in [3.63, 3.8) is 0 Å². The molecule has 0 saturated heterocycles. The fraction of sp³-hybridized carbons (Fsp3) is 0.400. The van der Waals surface area contributed by atoms with E-state index in [1.807, 2.05) is 12.1 Å². The van der Waals surface area contributed by atoms with Crippen LogP contribution in [0, 0.1) is 0 Å². The summed E-state index contributed by atoms with van der Waals surface area (Å²) >= 11 is 0. The van der Waals surface area contributed by atoms with Crippen LogP contribution in [0.15, 0.2) is 18.2 Å². The van der Waals surface area contributed by atoms with Crippen LogP contribution in [0.3, 0.4) is 0 Å². The van der Waals surface area contributed by atoms with Gasteiger partial charge >= 0.3 is 0 Å². The van der Waals surface area contributed by atoms with Gasteiger partial charge < -0.3 is 10.5 Å². The molecule has 0 atom stereocenters. The van der Waals surface area contributed by atoms with Crippen molar-refractivity contribution < 1.29 is 4.74 Å². The van der Waals surface area contributed by atoms with Gasteiger partial charge in [-0.2, -0.15) is 0 Å². The fourth-order valence-corrected chi connectivity index (χ4v) is 1.24. The third-order valence-corrected chi connectivity index (χ3v) is 1.96. The van der Waals surface area contributed by atoms with Crippen molar-refractivity contribution in [3.05, 3.63) is 29.3 Å². The molecule has 66 valence electrons. The molecule has 0 aliphatic heterocycles. The van der Waals surface area contributed by atoms with Crippen LogP contribution in [0.25, 0.3) is 0 Å². The van der Waals surface area contributed by atoms with Crippen LogP contribution >= 0.6 is 0 Å². The van der Waals surface area contributed by atoms with E-state index in [4.69, 9.17) is 10.5 Å². The lowest BCUT2D eigenvalue weighted by atomic mass is 10.1. The Hall–Kier alpha value is -1.02. The monoisotopic (exact) mass is 165 g/mol. The van der Waals surface area contributed by atoms with Gasteiger partial charge in [-0.25, -0.2) is 0 Å². The highest BCUT2D eigenvalue weighted by Crippen LogP contribution is 2.19. The van der Waals surface area contributed by atoms with Crippen LogP contribution < -0.4 is 10.5 Å². The third-order valence-electron chi connectivity index (χ3n) is 1.96. The van der Waals surface area contributed by atoms with E-state index in [1.165, 1.54) is 5.56 Å². The predicted octanol–water partition coefficient (Wildman–Crippen LogP) is 1.72. The first-order valence-corrected chi connectivity index (χ1v) is 4.17. The molecule has 0 amide bonds. The lowest BCUT2D eigenvalue weighted by molar-refractivity contribution is 0.410. The minimum Gasteiger partial charge on any atom is -0.496 e. The maximum atomic E-state index is 5.52. The van der Waals surface area contributed by atoms with E-state index in [0.717, 1.165) is 17.7 Å². The largest absolute Gasteiger partial charge is 0.496 e. The molecule has 2 heteroatoms. The number of hydrogen-bond acceptors (Lipinski definition) is 2. The second-order valence-corrected chi connectivity index (χ2v) is 2.70. The van der Waals surface area contributed by atoms with E-state index < -0.39 is 0 Å². The van der Waals surface area contributed by atoms with Gasteiger partial charge in [0.25, 0.3) is 0 Å². The Morgan fingerprint density at radius 2 is 2.17 bits per heavy atom.